The fourth-order valence-electron chi connectivity index (χ4n) is 2.63. The van der Waals surface area contributed by atoms with Crippen molar-refractivity contribution < 1.29 is 13.9 Å². The van der Waals surface area contributed by atoms with Crippen LogP contribution < -0.4 is 4.90 Å². The van der Waals surface area contributed by atoms with E-state index in [4.69, 9.17) is 4.74 Å². The summed E-state index contributed by atoms with van der Waals surface area (Å²) in [6.07, 6.45) is 4.78. The Hall–Kier alpha value is -2.56. The normalized spacial score (nSPS) is 17.4. The van der Waals surface area contributed by atoms with Crippen molar-refractivity contribution in [3.05, 3.63) is 60.7 Å². The van der Waals surface area contributed by atoms with Crippen LogP contribution in [-0.4, -0.2) is 23.3 Å². The number of hydrogen-bond donors (Lipinski definition) is 0. The third-order valence-corrected chi connectivity index (χ3v) is 3.86. The summed E-state index contributed by atoms with van der Waals surface area (Å²) in [5.74, 6) is -0.293. The molecule has 1 aromatic heterocycles. The number of cyclic esters (lactones) is 1. The summed E-state index contributed by atoms with van der Waals surface area (Å²) in [7, 11) is 0. The fourth-order valence-corrected chi connectivity index (χ4v) is 2.63. The molecule has 5 heteroatoms. The van der Waals surface area contributed by atoms with E-state index in [1.54, 1.807) is 27.9 Å². The van der Waals surface area contributed by atoms with Crippen LogP contribution in [0, 0.1) is 5.82 Å². The van der Waals surface area contributed by atoms with Gasteiger partial charge in [0.1, 0.15) is 11.9 Å². The summed E-state index contributed by atoms with van der Waals surface area (Å²) in [5, 5.41) is 0. The minimum Gasteiger partial charge on any atom is -0.444 e. The molecule has 2 aromatic rings. The molecule has 1 aromatic carbocycles. The van der Waals surface area contributed by atoms with Gasteiger partial charge in [-0.05, 0) is 44.0 Å². The lowest BCUT2D eigenvalue weighted by Crippen LogP contribution is -2.24. The molecule has 1 atom stereocenters. The lowest BCUT2D eigenvalue weighted by molar-refractivity contribution is 0.137. The van der Waals surface area contributed by atoms with Crippen LogP contribution in [0.15, 0.2) is 54.9 Å². The number of ether oxygens (including phenoxy) is 1. The summed E-state index contributed by atoms with van der Waals surface area (Å²) in [6, 6.07) is 8.14. The highest BCUT2D eigenvalue weighted by atomic mass is 19.1. The number of benzene rings is 1. The summed E-state index contributed by atoms with van der Waals surface area (Å²) < 4.78 is 20.5. The maximum atomic E-state index is 13.3. The van der Waals surface area contributed by atoms with Crippen LogP contribution in [0.2, 0.25) is 0 Å². The molecule has 1 amide bonds. The molecule has 1 aliphatic rings. The van der Waals surface area contributed by atoms with Crippen LogP contribution in [0.5, 0.6) is 0 Å². The maximum Gasteiger partial charge on any atom is 0.414 e. The van der Waals surface area contributed by atoms with Crippen LogP contribution in [0.1, 0.15) is 19.8 Å². The number of carbonyl (C=O) groups excluding carboxylic acids is 1. The van der Waals surface area contributed by atoms with Gasteiger partial charge in [0.25, 0.3) is 0 Å². The van der Waals surface area contributed by atoms with Gasteiger partial charge in [0.15, 0.2) is 0 Å². The van der Waals surface area contributed by atoms with Crippen molar-refractivity contribution in [2.24, 2.45) is 0 Å². The molecule has 23 heavy (non-hydrogen) atoms. The molecule has 0 radical (unpaired) electrons. The van der Waals surface area contributed by atoms with Crippen molar-refractivity contribution in [2.45, 2.75) is 25.9 Å². The molecule has 1 saturated heterocycles. The lowest BCUT2D eigenvalue weighted by Gasteiger charge is -2.10. The molecule has 0 unspecified atom stereocenters. The molecule has 2 heterocycles. The van der Waals surface area contributed by atoms with Gasteiger partial charge in [-0.3, -0.25) is 4.90 Å². The molecule has 0 saturated carbocycles. The van der Waals surface area contributed by atoms with E-state index in [9.17, 15) is 9.18 Å². The van der Waals surface area contributed by atoms with Crippen molar-refractivity contribution in [2.75, 3.05) is 11.4 Å². The monoisotopic (exact) mass is 314 g/mol. The number of nitrogens with zero attached hydrogens (tertiary/aromatic N) is 2. The van der Waals surface area contributed by atoms with E-state index in [1.165, 1.54) is 12.1 Å². The molecule has 120 valence electrons. The Balaban J connectivity index is 1.73. The van der Waals surface area contributed by atoms with Gasteiger partial charge in [-0.15, -0.1) is 6.58 Å². The Bertz CT molecular complexity index is 738. The Labute approximate surface area is 134 Å². The second-order valence-electron chi connectivity index (χ2n) is 5.87. The molecular weight excluding hydrogens is 295 g/mol. The van der Waals surface area contributed by atoms with Gasteiger partial charge in [-0.1, -0.05) is 11.6 Å². The summed E-state index contributed by atoms with van der Waals surface area (Å²) in [4.78, 5) is 13.7. The smallest absolute Gasteiger partial charge is 0.414 e. The Morgan fingerprint density at radius 3 is 2.96 bits per heavy atom. The standard InChI is InChI=1S/C18H19FN2O2/c1-13(2)6-7-17-12-21(18(22)23-17)16-8-9-20(11-16)15-5-3-4-14(19)10-15/h3-5,8-11,17H,1,6-7,12H2,2H3/t17-/m0/s1. The minimum atomic E-state index is -0.339. The van der Waals surface area contributed by atoms with Crippen LogP contribution in [0.3, 0.4) is 0 Å². The fraction of sp³-hybridized carbons (Fsp3) is 0.278. The van der Waals surface area contributed by atoms with Gasteiger partial charge in [-0.2, -0.15) is 0 Å². The van der Waals surface area contributed by atoms with Crippen molar-refractivity contribution >= 4 is 11.8 Å². The third kappa shape index (κ3) is 3.44. The Morgan fingerprint density at radius 1 is 1.39 bits per heavy atom. The van der Waals surface area contributed by atoms with E-state index in [1.807, 2.05) is 19.1 Å². The van der Waals surface area contributed by atoms with Crippen molar-refractivity contribution in [3.63, 3.8) is 0 Å². The highest BCUT2D eigenvalue weighted by Crippen LogP contribution is 2.25. The van der Waals surface area contributed by atoms with Crippen molar-refractivity contribution in [1.82, 2.24) is 4.57 Å². The lowest BCUT2D eigenvalue weighted by atomic mass is 10.1. The Kier molecular flexibility index (Phi) is 4.19. The van der Waals surface area contributed by atoms with E-state index in [2.05, 4.69) is 6.58 Å². The highest BCUT2D eigenvalue weighted by molar-refractivity contribution is 5.89. The highest BCUT2D eigenvalue weighted by Gasteiger charge is 2.32. The zero-order chi connectivity index (χ0) is 16.4. The van der Waals surface area contributed by atoms with Crippen molar-refractivity contribution in [1.29, 1.82) is 0 Å². The molecule has 4 nitrogen and oxygen atoms in total. The molecule has 1 fully saturated rings. The van der Waals surface area contributed by atoms with Crippen molar-refractivity contribution in [3.8, 4) is 5.69 Å². The topological polar surface area (TPSA) is 34.5 Å². The van der Waals surface area contributed by atoms with E-state index in [0.717, 1.165) is 24.1 Å². The number of aromatic nitrogens is 1. The number of amides is 1. The van der Waals surface area contributed by atoms with Gasteiger partial charge < -0.3 is 9.30 Å². The van der Waals surface area contributed by atoms with Crippen LogP contribution >= 0.6 is 0 Å². The first kappa shape index (κ1) is 15.3. The molecule has 0 N–H and O–H groups in total. The number of anilines is 1. The number of carbonyl (C=O) groups is 1. The number of halogens is 1. The largest absolute Gasteiger partial charge is 0.444 e. The van der Waals surface area contributed by atoms with Crippen LogP contribution in [0.25, 0.3) is 5.69 Å². The third-order valence-electron chi connectivity index (χ3n) is 3.86. The summed E-state index contributed by atoms with van der Waals surface area (Å²) in [6.45, 7) is 6.36. The predicted molar refractivity (Wildman–Crippen MR) is 87.4 cm³/mol. The van der Waals surface area contributed by atoms with E-state index >= 15 is 0 Å². The van der Waals surface area contributed by atoms with E-state index in [0.29, 0.717) is 12.2 Å². The average Bonchev–Trinajstić information content (AvgIpc) is 3.11. The van der Waals surface area contributed by atoms with Gasteiger partial charge in [0.2, 0.25) is 0 Å². The minimum absolute atomic E-state index is 0.114. The zero-order valence-electron chi connectivity index (χ0n) is 13.0. The quantitative estimate of drug-likeness (QED) is 0.771. The summed E-state index contributed by atoms with van der Waals surface area (Å²) in [5.41, 5.74) is 2.54. The molecule has 0 bridgehead atoms. The number of hydrogen-bond acceptors (Lipinski definition) is 2. The predicted octanol–water partition coefficient (Wildman–Crippen LogP) is 4.30. The summed E-state index contributed by atoms with van der Waals surface area (Å²) >= 11 is 0. The van der Waals surface area contributed by atoms with Gasteiger partial charge >= 0.3 is 6.09 Å². The molecule has 0 spiro atoms. The van der Waals surface area contributed by atoms with Gasteiger partial charge in [0, 0.05) is 18.1 Å². The second-order valence-corrected chi connectivity index (χ2v) is 5.87. The first-order chi connectivity index (χ1) is 11.0. The average molecular weight is 314 g/mol. The van der Waals surface area contributed by atoms with E-state index < -0.39 is 0 Å². The van der Waals surface area contributed by atoms with Crippen LogP contribution in [0.4, 0.5) is 14.9 Å². The molecule has 1 aliphatic heterocycles. The van der Waals surface area contributed by atoms with E-state index in [-0.39, 0.29) is 18.0 Å². The Morgan fingerprint density at radius 2 is 2.22 bits per heavy atom. The van der Waals surface area contributed by atoms with Gasteiger partial charge in [-0.25, -0.2) is 9.18 Å². The molecular formula is C18H19FN2O2. The number of allylic oxidation sites excluding steroid dienone is 1. The van der Waals surface area contributed by atoms with Gasteiger partial charge in [0.05, 0.1) is 12.2 Å². The van der Waals surface area contributed by atoms with Crippen LogP contribution in [-0.2, 0) is 4.74 Å². The first-order valence-electron chi connectivity index (χ1n) is 7.59. The molecule has 3 rings (SSSR count). The first-order valence-corrected chi connectivity index (χ1v) is 7.59. The second kappa shape index (κ2) is 6.28. The number of rotatable bonds is 5. The zero-order valence-corrected chi connectivity index (χ0v) is 13.0. The molecule has 0 aliphatic carbocycles. The SMILES string of the molecule is C=C(C)CC[C@H]1CN(c2ccn(-c3cccc(F)c3)c2)C(=O)O1. The maximum absolute atomic E-state index is 13.3.